The minimum absolute atomic E-state index is 0.815. The van der Waals surface area contributed by atoms with Gasteiger partial charge in [0.1, 0.15) is 16.5 Å². The number of methoxy groups -OCH3 is 2. The smallest absolute Gasteiger partial charge is 0.126 e. The summed E-state index contributed by atoms with van der Waals surface area (Å²) in [6.07, 6.45) is 5.17. The largest absolute Gasteiger partial charge is 0.497 e. The molecule has 0 aliphatic heterocycles. The summed E-state index contributed by atoms with van der Waals surface area (Å²) >= 11 is 1.70. The zero-order chi connectivity index (χ0) is 21.3. The molecule has 5 heteroatoms. The van der Waals surface area contributed by atoms with Gasteiger partial charge in [-0.3, -0.25) is 0 Å². The van der Waals surface area contributed by atoms with Crippen LogP contribution in [0.15, 0.2) is 47.8 Å². The molecule has 0 aliphatic carbocycles. The Kier molecular flexibility index (Phi) is 8.29. The minimum atomic E-state index is 0.815. The highest BCUT2D eigenvalue weighted by atomic mass is 32.1. The number of thiazole rings is 1. The first-order valence-electron chi connectivity index (χ1n) is 10.6. The topological polar surface area (TPSA) is 34.6 Å². The number of hydrogen-bond acceptors (Lipinski definition) is 5. The molecular formula is C25H32N2O2S. The lowest BCUT2D eigenvalue weighted by atomic mass is 10.0. The van der Waals surface area contributed by atoms with E-state index >= 15 is 0 Å². The summed E-state index contributed by atoms with van der Waals surface area (Å²) in [5, 5.41) is 3.23. The van der Waals surface area contributed by atoms with Crippen molar-refractivity contribution < 1.29 is 9.47 Å². The first-order valence-corrected chi connectivity index (χ1v) is 11.5. The van der Waals surface area contributed by atoms with Gasteiger partial charge >= 0.3 is 0 Å². The van der Waals surface area contributed by atoms with E-state index in [1.807, 2.05) is 18.2 Å². The summed E-state index contributed by atoms with van der Waals surface area (Å²) < 4.78 is 11.0. The number of nitrogens with zero attached hydrogens (tertiary/aromatic N) is 2. The highest BCUT2D eigenvalue weighted by Crippen LogP contribution is 2.35. The Balaban J connectivity index is 1.74. The number of rotatable bonds is 11. The highest BCUT2D eigenvalue weighted by molar-refractivity contribution is 7.13. The second kappa shape index (κ2) is 11.1. The van der Waals surface area contributed by atoms with E-state index < -0.39 is 0 Å². The lowest BCUT2D eigenvalue weighted by molar-refractivity contribution is 0.314. The van der Waals surface area contributed by atoms with Crippen molar-refractivity contribution in [2.75, 3.05) is 27.8 Å². The number of unbranched alkanes of at least 4 members (excludes halogenated alkanes) is 3. The van der Waals surface area contributed by atoms with Gasteiger partial charge in [0.25, 0.3) is 0 Å². The molecule has 0 atom stereocenters. The van der Waals surface area contributed by atoms with E-state index in [9.17, 15) is 0 Å². The Morgan fingerprint density at radius 3 is 2.57 bits per heavy atom. The van der Waals surface area contributed by atoms with Gasteiger partial charge in [-0.15, -0.1) is 11.3 Å². The third-order valence-electron chi connectivity index (χ3n) is 5.20. The maximum absolute atomic E-state index is 5.57. The molecule has 0 fully saturated rings. The van der Waals surface area contributed by atoms with E-state index in [4.69, 9.17) is 14.5 Å². The van der Waals surface area contributed by atoms with Crippen LogP contribution in [0.2, 0.25) is 0 Å². The van der Waals surface area contributed by atoms with Gasteiger partial charge in [0.15, 0.2) is 0 Å². The fraction of sp³-hybridized carbons (Fsp3) is 0.400. The summed E-state index contributed by atoms with van der Waals surface area (Å²) in [5.74, 6) is 1.65. The normalized spacial score (nSPS) is 11.1. The predicted octanol–water partition coefficient (Wildman–Crippen LogP) is 6.51. The van der Waals surface area contributed by atoms with Crippen molar-refractivity contribution in [1.29, 1.82) is 0 Å². The van der Waals surface area contributed by atoms with Gasteiger partial charge in [-0.1, -0.05) is 44.4 Å². The molecule has 3 rings (SSSR count). The second-order valence-electron chi connectivity index (χ2n) is 7.59. The maximum Gasteiger partial charge on any atom is 0.126 e. The van der Waals surface area contributed by atoms with Gasteiger partial charge in [0.05, 0.1) is 19.9 Å². The highest BCUT2D eigenvalue weighted by Gasteiger charge is 2.11. The van der Waals surface area contributed by atoms with Crippen LogP contribution in [0, 0.1) is 0 Å². The Labute approximate surface area is 184 Å². The van der Waals surface area contributed by atoms with Crippen LogP contribution in [0.25, 0.3) is 21.7 Å². The van der Waals surface area contributed by atoms with Crippen LogP contribution in [-0.2, 0) is 6.54 Å². The quantitative estimate of drug-likeness (QED) is 0.329. The SMILES string of the molecule is CCCCCCN(C)Cc1csc(-c2cccc(-c3cc(OC)ccc3OC)c2)n1. The zero-order valence-electron chi connectivity index (χ0n) is 18.5. The molecule has 160 valence electrons. The van der Waals surface area contributed by atoms with E-state index in [1.54, 1.807) is 25.6 Å². The van der Waals surface area contributed by atoms with E-state index in [1.165, 1.54) is 25.7 Å². The van der Waals surface area contributed by atoms with Crippen LogP contribution in [-0.4, -0.2) is 37.7 Å². The molecule has 30 heavy (non-hydrogen) atoms. The standard InChI is InChI=1S/C25H32N2O2S/c1-5-6-7-8-14-27(2)17-21-18-30-25(26-21)20-11-9-10-19(15-20)23-16-22(28-3)12-13-24(23)29-4/h9-13,15-16,18H,5-8,14,17H2,1-4H3. The molecule has 0 amide bonds. The fourth-order valence-electron chi connectivity index (χ4n) is 3.54. The number of benzene rings is 2. The first kappa shape index (κ1) is 22.3. The molecule has 0 unspecified atom stereocenters. The number of ether oxygens (including phenoxy) is 2. The molecular weight excluding hydrogens is 392 g/mol. The molecule has 0 spiro atoms. The van der Waals surface area contributed by atoms with Crippen LogP contribution < -0.4 is 9.47 Å². The van der Waals surface area contributed by atoms with Crippen LogP contribution in [0.1, 0.15) is 38.3 Å². The van der Waals surface area contributed by atoms with Crippen LogP contribution in [0.5, 0.6) is 11.5 Å². The van der Waals surface area contributed by atoms with Crippen molar-refractivity contribution in [3.8, 4) is 33.2 Å². The van der Waals surface area contributed by atoms with Crippen molar-refractivity contribution in [2.24, 2.45) is 0 Å². The summed E-state index contributed by atoms with van der Waals surface area (Å²) in [4.78, 5) is 7.26. The van der Waals surface area contributed by atoms with Gasteiger partial charge in [-0.2, -0.15) is 0 Å². The minimum Gasteiger partial charge on any atom is -0.497 e. The van der Waals surface area contributed by atoms with E-state index in [0.717, 1.165) is 52.0 Å². The molecule has 0 saturated carbocycles. The molecule has 4 nitrogen and oxygen atoms in total. The summed E-state index contributed by atoms with van der Waals surface area (Å²) in [7, 11) is 5.56. The van der Waals surface area contributed by atoms with Crippen LogP contribution in [0.4, 0.5) is 0 Å². The van der Waals surface area contributed by atoms with Gasteiger partial charge < -0.3 is 14.4 Å². The number of aromatic nitrogens is 1. The van der Waals surface area contributed by atoms with E-state index in [0.29, 0.717) is 0 Å². The van der Waals surface area contributed by atoms with Gasteiger partial charge in [0, 0.05) is 23.1 Å². The Bertz CT molecular complexity index is 938. The van der Waals surface area contributed by atoms with Crippen molar-refractivity contribution in [2.45, 2.75) is 39.2 Å². The molecule has 3 aromatic rings. The van der Waals surface area contributed by atoms with E-state index in [-0.39, 0.29) is 0 Å². The summed E-state index contributed by atoms with van der Waals surface area (Å²) in [6.45, 7) is 4.27. The van der Waals surface area contributed by atoms with Crippen LogP contribution in [0.3, 0.4) is 0 Å². The lowest BCUT2D eigenvalue weighted by Gasteiger charge is -2.14. The van der Waals surface area contributed by atoms with Gasteiger partial charge in [0.2, 0.25) is 0 Å². The fourth-order valence-corrected chi connectivity index (χ4v) is 4.34. The maximum atomic E-state index is 5.57. The average Bonchev–Trinajstić information content (AvgIpc) is 3.24. The third-order valence-corrected chi connectivity index (χ3v) is 6.14. The monoisotopic (exact) mass is 424 g/mol. The summed E-state index contributed by atoms with van der Waals surface area (Å²) in [5.41, 5.74) is 4.37. The van der Waals surface area contributed by atoms with Crippen LogP contribution >= 0.6 is 11.3 Å². The average molecular weight is 425 g/mol. The molecule has 0 N–H and O–H groups in total. The predicted molar refractivity (Wildman–Crippen MR) is 127 cm³/mol. The second-order valence-corrected chi connectivity index (χ2v) is 8.45. The molecule has 0 aliphatic rings. The lowest BCUT2D eigenvalue weighted by Crippen LogP contribution is -2.19. The molecule has 0 radical (unpaired) electrons. The Morgan fingerprint density at radius 1 is 0.967 bits per heavy atom. The molecule has 1 aromatic heterocycles. The molecule has 0 saturated heterocycles. The third kappa shape index (κ3) is 5.83. The molecule has 1 heterocycles. The Hall–Kier alpha value is -2.37. The van der Waals surface area contributed by atoms with Crippen molar-refractivity contribution in [1.82, 2.24) is 9.88 Å². The van der Waals surface area contributed by atoms with Crippen molar-refractivity contribution in [3.05, 3.63) is 53.5 Å². The van der Waals surface area contributed by atoms with Crippen molar-refractivity contribution in [3.63, 3.8) is 0 Å². The molecule has 0 bridgehead atoms. The molecule has 2 aromatic carbocycles. The Morgan fingerprint density at radius 2 is 1.80 bits per heavy atom. The van der Waals surface area contributed by atoms with Gasteiger partial charge in [-0.25, -0.2) is 4.98 Å². The van der Waals surface area contributed by atoms with Crippen molar-refractivity contribution >= 4 is 11.3 Å². The summed E-state index contributed by atoms with van der Waals surface area (Å²) in [6, 6.07) is 14.3. The number of hydrogen-bond donors (Lipinski definition) is 0. The first-order chi connectivity index (χ1) is 14.6. The zero-order valence-corrected chi connectivity index (χ0v) is 19.3. The van der Waals surface area contributed by atoms with E-state index in [2.05, 4.69) is 48.5 Å². The van der Waals surface area contributed by atoms with Gasteiger partial charge in [-0.05, 0) is 49.8 Å².